The highest BCUT2D eigenvalue weighted by molar-refractivity contribution is 5.01. The van der Waals surface area contributed by atoms with Crippen molar-refractivity contribution in [2.24, 2.45) is 34.6 Å². The van der Waals surface area contributed by atoms with Gasteiger partial charge in [0, 0.05) is 22.0 Å². The Morgan fingerprint density at radius 2 is 1.88 bits per heavy atom. The molecule has 3 N–H and O–H groups in total. The Balaban J connectivity index is 2.10. The predicted octanol–water partition coefficient (Wildman–Crippen LogP) is 3.63. The molecule has 150 valence electrons. The number of nitroso groups, excluding NO2 is 2. The van der Waals surface area contributed by atoms with Crippen molar-refractivity contribution >= 4 is 0 Å². The summed E-state index contributed by atoms with van der Waals surface area (Å²) in [5.74, 6) is 1.26. The summed E-state index contributed by atoms with van der Waals surface area (Å²) in [7, 11) is 0. The van der Waals surface area contributed by atoms with Gasteiger partial charge in [-0.2, -0.15) is 4.91 Å². The van der Waals surface area contributed by atoms with Crippen LogP contribution in [-0.4, -0.2) is 39.6 Å². The molecule has 2 saturated carbocycles. The summed E-state index contributed by atoms with van der Waals surface area (Å²) in [6.07, 6.45) is 4.30. The average molecular weight is 369 g/mol. The van der Waals surface area contributed by atoms with Crippen molar-refractivity contribution in [2.45, 2.75) is 96.4 Å². The van der Waals surface area contributed by atoms with E-state index in [1.54, 1.807) is 0 Å². The Hall–Kier alpha value is -0.880. The van der Waals surface area contributed by atoms with Crippen molar-refractivity contribution in [3.8, 4) is 0 Å². The van der Waals surface area contributed by atoms with E-state index in [1.807, 2.05) is 13.8 Å². The third kappa shape index (κ3) is 4.33. The first-order chi connectivity index (χ1) is 12.0. The second-order valence-electron chi connectivity index (χ2n) is 9.75. The summed E-state index contributed by atoms with van der Waals surface area (Å²) >= 11 is 0. The van der Waals surface area contributed by atoms with Crippen LogP contribution in [0.5, 0.6) is 0 Å². The summed E-state index contributed by atoms with van der Waals surface area (Å²) in [6, 6.07) is -0.769. The lowest BCUT2D eigenvalue weighted by molar-refractivity contribution is -0.607. The van der Waals surface area contributed by atoms with Crippen molar-refractivity contribution in [3.63, 3.8) is 0 Å². The molecule has 0 aromatic rings. The van der Waals surface area contributed by atoms with E-state index in [4.69, 9.17) is 5.73 Å². The maximum absolute atomic E-state index is 13.1. The van der Waals surface area contributed by atoms with Gasteiger partial charge >= 0.3 is 0 Å². The van der Waals surface area contributed by atoms with Gasteiger partial charge in [0.25, 0.3) is 0 Å². The molecule has 2 rings (SSSR count). The highest BCUT2D eigenvalue weighted by Gasteiger charge is 2.51. The van der Waals surface area contributed by atoms with Crippen LogP contribution < -0.4 is 5.73 Å². The topological polar surface area (TPSA) is 95.8 Å². The first-order valence-corrected chi connectivity index (χ1v) is 10.3. The highest BCUT2D eigenvalue weighted by atomic mass is 16.3. The quantitative estimate of drug-likeness (QED) is 0.553. The SMILES string of the molecule is CC(C)C1CCC(N)(C[N+](=O)C2CC(O)(C(C)C)CCC2C)C(N=O)C1. The van der Waals surface area contributed by atoms with Crippen LogP contribution in [-0.2, 0) is 0 Å². The lowest BCUT2D eigenvalue weighted by Crippen LogP contribution is -2.60. The Kier molecular flexibility index (Phi) is 6.60. The molecular formula is C20H38N3O3+. The molecule has 0 bridgehead atoms. The summed E-state index contributed by atoms with van der Waals surface area (Å²) in [5.41, 5.74) is 4.91. The Bertz CT molecular complexity index is 524. The number of nitrogens with zero attached hydrogens (tertiary/aromatic N) is 2. The summed E-state index contributed by atoms with van der Waals surface area (Å²) in [6.45, 7) is 10.5. The maximum Gasteiger partial charge on any atom is 0.212 e. The summed E-state index contributed by atoms with van der Waals surface area (Å²) < 4.78 is 1.06. The molecule has 6 heteroatoms. The van der Waals surface area contributed by atoms with Crippen molar-refractivity contribution in [1.29, 1.82) is 0 Å². The molecule has 6 unspecified atom stereocenters. The average Bonchev–Trinajstić information content (AvgIpc) is 2.56. The fourth-order valence-electron chi connectivity index (χ4n) is 4.85. The minimum Gasteiger partial charge on any atom is -0.389 e. The second-order valence-corrected chi connectivity index (χ2v) is 9.75. The summed E-state index contributed by atoms with van der Waals surface area (Å²) in [4.78, 5) is 24.5. The van der Waals surface area contributed by atoms with E-state index in [1.165, 1.54) is 0 Å². The molecule has 6 nitrogen and oxygen atoms in total. The largest absolute Gasteiger partial charge is 0.389 e. The van der Waals surface area contributed by atoms with Crippen LogP contribution in [0.3, 0.4) is 0 Å². The molecule has 2 fully saturated rings. The van der Waals surface area contributed by atoms with Crippen molar-refractivity contribution in [3.05, 3.63) is 9.81 Å². The molecular weight excluding hydrogens is 330 g/mol. The van der Waals surface area contributed by atoms with Crippen LogP contribution in [0.25, 0.3) is 0 Å². The molecule has 2 aliphatic rings. The molecule has 0 spiro atoms. The lowest BCUT2D eigenvalue weighted by Gasteiger charge is -2.42. The Labute approximate surface area is 157 Å². The zero-order chi connectivity index (χ0) is 19.7. The molecule has 0 amide bonds. The minimum atomic E-state index is -0.859. The van der Waals surface area contributed by atoms with E-state index >= 15 is 0 Å². The minimum absolute atomic E-state index is 0.114. The molecule has 2 aliphatic carbocycles. The van der Waals surface area contributed by atoms with Crippen LogP contribution >= 0.6 is 0 Å². The van der Waals surface area contributed by atoms with Gasteiger partial charge in [-0.3, -0.25) is 0 Å². The number of rotatable bonds is 6. The van der Waals surface area contributed by atoms with Gasteiger partial charge < -0.3 is 10.8 Å². The van der Waals surface area contributed by atoms with Crippen LogP contribution in [0.1, 0.15) is 73.1 Å². The van der Waals surface area contributed by atoms with E-state index < -0.39 is 17.2 Å². The van der Waals surface area contributed by atoms with E-state index in [0.29, 0.717) is 31.1 Å². The van der Waals surface area contributed by atoms with Crippen LogP contribution in [0.2, 0.25) is 0 Å². The highest BCUT2D eigenvalue weighted by Crippen LogP contribution is 2.40. The molecule has 0 saturated heterocycles. The smallest absolute Gasteiger partial charge is 0.212 e. The number of hydrogen-bond donors (Lipinski definition) is 2. The number of hydrogen-bond acceptors (Lipinski definition) is 5. The third-order valence-electron chi connectivity index (χ3n) is 7.39. The van der Waals surface area contributed by atoms with Gasteiger partial charge in [0.2, 0.25) is 12.6 Å². The van der Waals surface area contributed by atoms with E-state index in [2.05, 4.69) is 25.9 Å². The zero-order valence-electron chi connectivity index (χ0n) is 17.1. The molecule has 0 aliphatic heterocycles. The molecule has 0 aromatic carbocycles. The molecule has 6 atom stereocenters. The Morgan fingerprint density at radius 1 is 1.23 bits per heavy atom. The molecule has 0 aromatic heterocycles. The monoisotopic (exact) mass is 368 g/mol. The molecule has 0 radical (unpaired) electrons. The van der Waals surface area contributed by atoms with E-state index in [0.717, 1.165) is 24.0 Å². The van der Waals surface area contributed by atoms with Crippen LogP contribution in [0.15, 0.2) is 5.18 Å². The van der Waals surface area contributed by atoms with Gasteiger partial charge in [0.15, 0.2) is 0 Å². The van der Waals surface area contributed by atoms with Crippen molar-refractivity contribution < 1.29 is 9.87 Å². The fraction of sp³-hybridized carbons (Fsp3) is 1.00. The lowest BCUT2D eigenvalue weighted by atomic mass is 9.69. The van der Waals surface area contributed by atoms with Gasteiger partial charge in [-0.05, 0) is 49.9 Å². The summed E-state index contributed by atoms with van der Waals surface area (Å²) in [5, 5.41) is 14.2. The zero-order valence-corrected chi connectivity index (χ0v) is 17.1. The first kappa shape index (κ1) is 21.4. The first-order valence-electron chi connectivity index (χ1n) is 10.3. The standard InChI is InChI=1S/C20H38N3O3/c1-13(2)16-7-8-19(21,18(10-16)22-25)12-23(26)17-11-20(24,14(3)4)9-6-15(17)5/h13-18,24H,6-12,21H2,1-5H3/q+1. The number of aliphatic hydroxyl groups is 1. The number of nitrogens with two attached hydrogens (primary N) is 1. The van der Waals surface area contributed by atoms with Crippen molar-refractivity contribution in [1.82, 2.24) is 0 Å². The van der Waals surface area contributed by atoms with Crippen LogP contribution in [0, 0.1) is 33.5 Å². The van der Waals surface area contributed by atoms with E-state index in [-0.39, 0.29) is 24.4 Å². The van der Waals surface area contributed by atoms with Gasteiger partial charge in [-0.25, -0.2) is 0 Å². The van der Waals surface area contributed by atoms with Gasteiger partial charge in [-0.15, -0.1) is 0 Å². The van der Waals surface area contributed by atoms with Gasteiger partial charge in [-0.1, -0.05) is 39.8 Å². The van der Waals surface area contributed by atoms with E-state index in [9.17, 15) is 14.9 Å². The Morgan fingerprint density at radius 3 is 2.42 bits per heavy atom. The van der Waals surface area contributed by atoms with Crippen LogP contribution in [0.4, 0.5) is 0 Å². The fourth-order valence-corrected chi connectivity index (χ4v) is 4.85. The molecule has 26 heavy (non-hydrogen) atoms. The predicted molar refractivity (Wildman–Crippen MR) is 104 cm³/mol. The normalized spacial score (nSPS) is 41.4. The maximum atomic E-state index is 13.1. The third-order valence-corrected chi connectivity index (χ3v) is 7.39. The molecule has 0 heterocycles. The second kappa shape index (κ2) is 8.01. The van der Waals surface area contributed by atoms with Gasteiger partial charge in [0.05, 0.1) is 5.60 Å². The van der Waals surface area contributed by atoms with Gasteiger partial charge in [0.1, 0.15) is 11.6 Å². The van der Waals surface area contributed by atoms with Crippen molar-refractivity contribution in [2.75, 3.05) is 6.54 Å².